The average molecular weight is 210 g/mol. The largest absolute Gasteiger partial charge is 0.458 e. The Kier molecular flexibility index (Phi) is 3.38. The average Bonchev–Trinajstić information content (AvgIpc) is 2.18. The number of carbonyl (C=O) groups is 1. The molecule has 4 nitrogen and oxygen atoms in total. The summed E-state index contributed by atoms with van der Waals surface area (Å²) in [4.78, 5) is 14.8. The van der Waals surface area contributed by atoms with Crippen molar-refractivity contribution in [2.75, 3.05) is 12.3 Å². The van der Waals surface area contributed by atoms with Gasteiger partial charge in [-0.3, -0.25) is 0 Å². The molecule has 15 heavy (non-hydrogen) atoms. The molecule has 0 saturated carbocycles. The highest BCUT2D eigenvalue weighted by Gasteiger charge is 2.13. The Hall–Kier alpha value is -1.91. The standard InChI is InChI=1S/C10H11FN2O2/c1-6(2)5-15-10(14)7-3-9(12)13-4-8(7)11/h3-4H,1,5H2,2H3,(H2,12,13). The van der Waals surface area contributed by atoms with E-state index >= 15 is 0 Å². The topological polar surface area (TPSA) is 65.2 Å². The number of nitrogen functional groups attached to an aromatic ring is 1. The van der Waals surface area contributed by atoms with Gasteiger partial charge in [0.25, 0.3) is 0 Å². The van der Waals surface area contributed by atoms with E-state index in [-0.39, 0.29) is 18.0 Å². The van der Waals surface area contributed by atoms with E-state index in [0.29, 0.717) is 5.57 Å². The zero-order valence-electron chi connectivity index (χ0n) is 8.29. The fourth-order valence-corrected chi connectivity index (χ4v) is 0.878. The number of nitrogens with two attached hydrogens (primary N) is 1. The van der Waals surface area contributed by atoms with Crippen molar-refractivity contribution in [2.24, 2.45) is 0 Å². The van der Waals surface area contributed by atoms with Crippen molar-refractivity contribution in [2.45, 2.75) is 6.92 Å². The van der Waals surface area contributed by atoms with E-state index in [2.05, 4.69) is 11.6 Å². The van der Waals surface area contributed by atoms with Gasteiger partial charge in [0.2, 0.25) is 0 Å². The van der Waals surface area contributed by atoms with Crippen molar-refractivity contribution in [1.82, 2.24) is 4.98 Å². The summed E-state index contributed by atoms with van der Waals surface area (Å²) < 4.78 is 17.9. The molecule has 0 bridgehead atoms. The quantitative estimate of drug-likeness (QED) is 0.607. The number of anilines is 1. The first-order valence-electron chi connectivity index (χ1n) is 4.23. The third-order valence-corrected chi connectivity index (χ3v) is 1.55. The predicted molar refractivity (Wildman–Crippen MR) is 53.7 cm³/mol. The van der Waals surface area contributed by atoms with Crippen LogP contribution in [0.4, 0.5) is 10.2 Å². The van der Waals surface area contributed by atoms with E-state index in [9.17, 15) is 9.18 Å². The number of hydrogen-bond donors (Lipinski definition) is 1. The lowest BCUT2D eigenvalue weighted by atomic mass is 10.2. The van der Waals surface area contributed by atoms with Crippen LogP contribution in [-0.4, -0.2) is 17.6 Å². The molecular weight excluding hydrogens is 199 g/mol. The van der Waals surface area contributed by atoms with Gasteiger partial charge in [0, 0.05) is 0 Å². The smallest absolute Gasteiger partial charge is 0.341 e. The van der Waals surface area contributed by atoms with E-state index in [1.807, 2.05) is 0 Å². The molecule has 0 aliphatic rings. The Bertz CT molecular complexity index is 404. The minimum atomic E-state index is -0.774. The normalized spacial score (nSPS) is 9.73. The minimum absolute atomic E-state index is 0.0561. The van der Waals surface area contributed by atoms with Gasteiger partial charge in [0.1, 0.15) is 18.0 Å². The molecule has 0 spiro atoms. The number of ether oxygens (including phenoxy) is 1. The number of pyridine rings is 1. The molecule has 0 saturated heterocycles. The molecule has 0 aromatic carbocycles. The van der Waals surface area contributed by atoms with Gasteiger partial charge in [-0.2, -0.15) is 0 Å². The molecule has 0 atom stereocenters. The zero-order valence-corrected chi connectivity index (χ0v) is 8.29. The van der Waals surface area contributed by atoms with Crippen molar-refractivity contribution in [3.63, 3.8) is 0 Å². The molecule has 0 unspecified atom stereocenters. The van der Waals surface area contributed by atoms with Crippen LogP contribution in [0.2, 0.25) is 0 Å². The molecule has 0 amide bonds. The lowest BCUT2D eigenvalue weighted by molar-refractivity contribution is 0.0535. The van der Waals surface area contributed by atoms with Gasteiger partial charge < -0.3 is 10.5 Å². The van der Waals surface area contributed by atoms with Crippen LogP contribution in [0.25, 0.3) is 0 Å². The van der Waals surface area contributed by atoms with Crippen LogP contribution in [0.15, 0.2) is 24.4 Å². The molecule has 0 radical (unpaired) electrons. The maximum atomic E-state index is 13.1. The van der Waals surface area contributed by atoms with Gasteiger partial charge in [-0.25, -0.2) is 14.2 Å². The van der Waals surface area contributed by atoms with Gasteiger partial charge in [-0.1, -0.05) is 6.58 Å². The monoisotopic (exact) mass is 210 g/mol. The molecule has 0 fully saturated rings. The molecule has 80 valence electrons. The second kappa shape index (κ2) is 4.54. The van der Waals surface area contributed by atoms with Crippen LogP contribution < -0.4 is 5.73 Å². The Balaban J connectivity index is 2.81. The molecule has 2 N–H and O–H groups in total. The van der Waals surface area contributed by atoms with Crippen LogP contribution in [0.3, 0.4) is 0 Å². The Morgan fingerprint density at radius 1 is 1.73 bits per heavy atom. The fraction of sp³-hybridized carbons (Fsp3) is 0.200. The number of halogens is 1. The van der Waals surface area contributed by atoms with Crippen LogP contribution in [0, 0.1) is 5.82 Å². The molecule has 1 heterocycles. The Morgan fingerprint density at radius 3 is 3.00 bits per heavy atom. The molecule has 1 rings (SSSR count). The maximum Gasteiger partial charge on any atom is 0.341 e. The first kappa shape index (κ1) is 11.2. The number of rotatable bonds is 3. The predicted octanol–water partition coefficient (Wildman–Crippen LogP) is 1.54. The molecule has 0 aliphatic carbocycles. The summed E-state index contributed by atoms with van der Waals surface area (Å²) in [5.41, 5.74) is 5.77. The van der Waals surface area contributed by atoms with Gasteiger partial charge in [0.05, 0.1) is 6.20 Å². The summed E-state index contributed by atoms with van der Waals surface area (Å²) in [7, 11) is 0. The summed E-state index contributed by atoms with van der Waals surface area (Å²) in [6.07, 6.45) is 0.882. The van der Waals surface area contributed by atoms with Crippen LogP contribution in [0.5, 0.6) is 0 Å². The van der Waals surface area contributed by atoms with Crippen molar-refractivity contribution in [1.29, 1.82) is 0 Å². The number of hydrogen-bond acceptors (Lipinski definition) is 4. The van der Waals surface area contributed by atoms with E-state index < -0.39 is 11.8 Å². The highest BCUT2D eigenvalue weighted by atomic mass is 19.1. The molecule has 1 aromatic rings. The number of aromatic nitrogens is 1. The third-order valence-electron chi connectivity index (χ3n) is 1.55. The first-order chi connectivity index (χ1) is 7.00. The number of esters is 1. The van der Waals surface area contributed by atoms with E-state index in [0.717, 1.165) is 12.3 Å². The highest BCUT2D eigenvalue weighted by molar-refractivity contribution is 5.90. The van der Waals surface area contributed by atoms with E-state index in [1.54, 1.807) is 6.92 Å². The van der Waals surface area contributed by atoms with Gasteiger partial charge in [0.15, 0.2) is 5.82 Å². The maximum absolute atomic E-state index is 13.1. The Labute approximate surface area is 86.6 Å². The lowest BCUT2D eigenvalue weighted by Gasteiger charge is -2.05. The van der Waals surface area contributed by atoms with Crippen LogP contribution in [0.1, 0.15) is 17.3 Å². The molecular formula is C10H11FN2O2. The Morgan fingerprint density at radius 2 is 2.40 bits per heavy atom. The van der Waals surface area contributed by atoms with Crippen molar-refractivity contribution in [3.05, 3.63) is 35.8 Å². The molecule has 0 aliphatic heterocycles. The fourth-order valence-electron chi connectivity index (χ4n) is 0.878. The van der Waals surface area contributed by atoms with Crippen LogP contribution >= 0.6 is 0 Å². The second-order valence-electron chi connectivity index (χ2n) is 3.12. The van der Waals surface area contributed by atoms with Crippen LogP contribution in [-0.2, 0) is 4.74 Å². The zero-order chi connectivity index (χ0) is 11.4. The SMILES string of the molecule is C=C(C)COC(=O)c1cc(N)ncc1F. The van der Waals surface area contributed by atoms with Crippen molar-refractivity contribution in [3.8, 4) is 0 Å². The van der Waals surface area contributed by atoms with E-state index in [1.165, 1.54) is 0 Å². The molecule has 1 aromatic heterocycles. The van der Waals surface area contributed by atoms with Crippen molar-refractivity contribution >= 4 is 11.8 Å². The minimum Gasteiger partial charge on any atom is -0.458 e. The van der Waals surface area contributed by atoms with Gasteiger partial charge >= 0.3 is 5.97 Å². The third kappa shape index (κ3) is 3.05. The first-order valence-corrected chi connectivity index (χ1v) is 4.23. The summed E-state index contributed by atoms with van der Waals surface area (Å²) in [6, 6.07) is 1.14. The van der Waals surface area contributed by atoms with Gasteiger partial charge in [-0.05, 0) is 18.6 Å². The van der Waals surface area contributed by atoms with Crippen molar-refractivity contribution < 1.29 is 13.9 Å². The summed E-state index contributed by atoms with van der Waals surface area (Å²) in [5.74, 6) is -1.46. The van der Waals surface area contributed by atoms with Gasteiger partial charge in [-0.15, -0.1) is 0 Å². The van der Waals surface area contributed by atoms with E-state index in [4.69, 9.17) is 10.5 Å². The summed E-state index contributed by atoms with van der Waals surface area (Å²) in [5, 5.41) is 0. The number of nitrogens with zero attached hydrogens (tertiary/aromatic N) is 1. The summed E-state index contributed by atoms with van der Waals surface area (Å²) in [6.45, 7) is 5.31. The molecule has 5 heteroatoms. The highest BCUT2D eigenvalue weighted by Crippen LogP contribution is 2.10. The lowest BCUT2D eigenvalue weighted by Crippen LogP contribution is -2.10. The second-order valence-corrected chi connectivity index (χ2v) is 3.12. The summed E-state index contributed by atoms with van der Waals surface area (Å²) >= 11 is 0. The number of carbonyl (C=O) groups excluding carboxylic acids is 1.